The predicted octanol–water partition coefficient (Wildman–Crippen LogP) is 4.07. The van der Waals surface area contributed by atoms with Gasteiger partial charge in [0.15, 0.2) is 6.61 Å². The van der Waals surface area contributed by atoms with E-state index in [1.807, 2.05) is 67.6 Å². The number of anilines is 2. The van der Waals surface area contributed by atoms with Crippen molar-refractivity contribution in [3.8, 4) is 11.5 Å². The van der Waals surface area contributed by atoms with E-state index in [4.69, 9.17) is 9.47 Å². The smallest absolute Gasteiger partial charge is 0.262 e. The molecular formula is C23H25N3O3. The molecule has 0 saturated heterocycles. The second-order valence-corrected chi connectivity index (χ2v) is 6.61. The summed E-state index contributed by atoms with van der Waals surface area (Å²) in [7, 11) is 1.66. The summed E-state index contributed by atoms with van der Waals surface area (Å²) in [5, 5.41) is 6.05. The van der Waals surface area contributed by atoms with Crippen LogP contribution in [0.25, 0.3) is 0 Å². The molecule has 1 amide bonds. The molecule has 0 atom stereocenters. The molecule has 0 saturated carbocycles. The van der Waals surface area contributed by atoms with Crippen LogP contribution in [-0.4, -0.2) is 31.2 Å². The third-order valence-corrected chi connectivity index (χ3v) is 4.32. The van der Waals surface area contributed by atoms with Crippen molar-refractivity contribution in [2.75, 3.05) is 30.9 Å². The number of carbonyl (C=O) groups excluding carboxylic acids is 1. The SMILES string of the molecule is COc1ccc(CCNc2ccc(NC(=O)COc3ccc(C)cc3)cn2)cc1. The van der Waals surface area contributed by atoms with Gasteiger partial charge in [0.2, 0.25) is 0 Å². The quantitative estimate of drug-likeness (QED) is 0.575. The van der Waals surface area contributed by atoms with E-state index >= 15 is 0 Å². The highest BCUT2D eigenvalue weighted by Gasteiger charge is 2.05. The lowest BCUT2D eigenvalue weighted by Gasteiger charge is -2.09. The van der Waals surface area contributed by atoms with Gasteiger partial charge in [-0.1, -0.05) is 29.8 Å². The van der Waals surface area contributed by atoms with Crippen LogP contribution in [0.2, 0.25) is 0 Å². The first-order chi connectivity index (χ1) is 14.1. The number of carbonyl (C=O) groups is 1. The molecule has 3 aromatic rings. The van der Waals surface area contributed by atoms with Crippen molar-refractivity contribution in [1.82, 2.24) is 4.98 Å². The monoisotopic (exact) mass is 391 g/mol. The molecule has 0 fully saturated rings. The normalized spacial score (nSPS) is 10.3. The number of methoxy groups -OCH3 is 1. The molecule has 1 heterocycles. The number of nitrogens with one attached hydrogen (secondary N) is 2. The van der Waals surface area contributed by atoms with E-state index < -0.39 is 0 Å². The number of hydrogen-bond acceptors (Lipinski definition) is 5. The van der Waals surface area contributed by atoms with Gasteiger partial charge in [-0.3, -0.25) is 4.79 Å². The number of nitrogens with zero attached hydrogens (tertiary/aromatic N) is 1. The largest absolute Gasteiger partial charge is 0.497 e. The van der Waals surface area contributed by atoms with Gasteiger partial charge in [-0.05, 0) is 55.3 Å². The first-order valence-electron chi connectivity index (χ1n) is 9.44. The number of benzene rings is 2. The Bertz CT molecular complexity index is 908. The maximum Gasteiger partial charge on any atom is 0.262 e. The van der Waals surface area contributed by atoms with Crippen molar-refractivity contribution in [2.24, 2.45) is 0 Å². The summed E-state index contributed by atoms with van der Waals surface area (Å²) in [6.45, 7) is 2.71. The Balaban J connectivity index is 1.40. The highest BCUT2D eigenvalue weighted by molar-refractivity contribution is 5.91. The fourth-order valence-electron chi connectivity index (χ4n) is 2.68. The van der Waals surface area contributed by atoms with E-state index in [1.54, 1.807) is 13.3 Å². The standard InChI is InChI=1S/C23H25N3O3/c1-17-3-8-21(9-4-17)29-16-23(27)26-19-7-12-22(25-15-19)24-14-13-18-5-10-20(28-2)11-6-18/h3-12,15H,13-14,16H2,1-2H3,(H,24,25)(H,26,27). The summed E-state index contributed by atoms with van der Waals surface area (Å²) < 4.78 is 10.6. The summed E-state index contributed by atoms with van der Waals surface area (Å²) in [5.74, 6) is 2.05. The molecule has 3 rings (SSSR count). The number of aromatic nitrogens is 1. The molecule has 1 aromatic heterocycles. The molecule has 0 bridgehead atoms. The van der Waals surface area contributed by atoms with E-state index in [0.29, 0.717) is 11.4 Å². The molecule has 0 aliphatic carbocycles. The molecule has 0 spiro atoms. The Morgan fingerprint density at radius 1 is 0.966 bits per heavy atom. The molecular weight excluding hydrogens is 366 g/mol. The average molecular weight is 391 g/mol. The fourth-order valence-corrected chi connectivity index (χ4v) is 2.68. The van der Waals surface area contributed by atoms with Gasteiger partial charge in [-0.2, -0.15) is 0 Å². The van der Waals surface area contributed by atoms with Crippen LogP contribution in [0, 0.1) is 6.92 Å². The van der Waals surface area contributed by atoms with Gasteiger partial charge in [0, 0.05) is 6.54 Å². The molecule has 0 aliphatic rings. The van der Waals surface area contributed by atoms with E-state index in [0.717, 1.165) is 30.1 Å². The van der Waals surface area contributed by atoms with E-state index in [2.05, 4.69) is 15.6 Å². The number of aryl methyl sites for hydroxylation is 1. The van der Waals surface area contributed by atoms with Gasteiger partial charge in [0.1, 0.15) is 17.3 Å². The van der Waals surface area contributed by atoms with Crippen molar-refractivity contribution in [1.29, 1.82) is 0 Å². The summed E-state index contributed by atoms with van der Waals surface area (Å²) in [4.78, 5) is 16.4. The minimum absolute atomic E-state index is 0.0507. The number of ether oxygens (including phenoxy) is 2. The highest BCUT2D eigenvalue weighted by Crippen LogP contribution is 2.14. The van der Waals surface area contributed by atoms with Crippen molar-refractivity contribution in [2.45, 2.75) is 13.3 Å². The number of pyridine rings is 1. The molecule has 2 N–H and O–H groups in total. The third kappa shape index (κ3) is 6.53. The minimum Gasteiger partial charge on any atom is -0.497 e. The Labute approximate surface area is 170 Å². The van der Waals surface area contributed by atoms with Gasteiger partial charge in [0.25, 0.3) is 5.91 Å². The maximum atomic E-state index is 12.0. The topological polar surface area (TPSA) is 72.5 Å². The van der Waals surface area contributed by atoms with Crippen LogP contribution in [0.1, 0.15) is 11.1 Å². The Morgan fingerprint density at radius 2 is 1.69 bits per heavy atom. The Hall–Kier alpha value is -3.54. The zero-order chi connectivity index (χ0) is 20.5. The lowest BCUT2D eigenvalue weighted by Crippen LogP contribution is -2.20. The van der Waals surface area contributed by atoms with Crippen molar-refractivity contribution < 1.29 is 14.3 Å². The summed E-state index contributed by atoms with van der Waals surface area (Å²) in [6, 6.07) is 19.2. The molecule has 0 unspecified atom stereocenters. The summed E-state index contributed by atoms with van der Waals surface area (Å²) in [6.07, 6.45) is 2.50. The highest BCUT2D eigenvalue weighted by atomic mass is 16.5. The van der Waals surface area contributed by atoms with E-state index in [9.17, 15) is 4.79 Å². The van der Waals surface area contributed by atoms with Crippen LogP contribution in [0.5, 0.6) is 11.5 Å². The molecule has 29 heavy (non-hydrogen) atoms. The van der Waals surface area contributed by atoms with Crippen molar-refractivity contribution >= 4 is 17.4 Å². The molecule has 0 aliphatic heterocycles. The number of hydrogen-bond donors (Lipinski definition) is 2. The van der Waals surface area contributed by atoms with Crippen LogP contribution in [0.4, 0.5) is 11.5 Å². The van der Waals surface area contributed by atoms with Gasteiger partial charge in [-0.15, -0.1) is 0 Å². The van der Waals surface area contributed by atoms with Crippen LogP contribution in [0.3, 0.4) is 0 Å². The minimum atomic E-state index is -0.229. The molecule has 2 aromatic carbocycles. The predicted molar refractivity (Wildman–Crippen MR) is 115 cm³/mol. The van der Waals surface area contributed by atoms with Crippen LogP contribution in [0.15, 0.2) is 66.9 Å². The lowest BCUT2D eigenvalue weighted by atomic mass is 10.1. The van der Waals surface area contributed by atoms with Crippen molar-refractivity contribution in [3.05, 3.63) is 78.0 Å². The van der Waals surface area contributed by atoms with Gasteiger partial charge >= 0.3 is 0 Å². The van der Waals surface area contributed by atoms with Crippen LogP contribution >= 0.6 is 0 Å². The van der Waals surface area contributed by atoms with Crippen LogP contribution in [-0.2, 0) is 11.2 Å². The van der Waals surface area contributed by atoms with Crippen LogP contribution < -0.4 is 20.1 Å². The zero-order valence-corrected chi connectivity index (χ0v) is 16.6. The molecule has 150 valence electrons. The molecule has 0 radical (unpaired) electrons. The number of amides is 1. The van der Waals surface area contributed by atoms with Gasteiger partial charge in [0.05, 0.1) is 19.0 Å². The Morgan fingerprint density at radius 3 is 2.34 bits per heavy atom. The summed E-state index contributed by atoms with van der Waals surface area (Å²) in [5.41, 5.74) is 2.99. The molecule has 6 nitrogen and oxygen atoms in total. The second-order valence-electron chi connectivity index (χ2n) is 6.61. The van der Waals surface area contributed by atoms with E-state index in [1.165, 1.54) is 5.56 Å². The first-order valence-corrected chi connectivity index (χ1v) is 9.44. The summed E-state index contributed by atoms with van der Waals surface area (Å²) >= 11 is 0. The lowest BCUT2D eigenvalue weighted by molar-refractivity contribution is -0.118. The van der Waals surface area contributed by atoms with E-state index in [-0.39, 0.29) is 12.5 Å². The van der Waals surface area contributed by atoms with Crippen molar-refractivity contribution in [3.63, 3.8) is 0 Å². The average Bonchev–Trinajstić information content (AvgIpc) is 2.75. The van der Waals surface area contributed by atoms with Gasteiger partial charge in [-0.25, -0.2) is 4.98 Å². The fraction of sp³-hybridized carbons (Fsp3) is 0.217. The second kappa shape index (κ2) is 10.1. The Kier molecular flexibility index (Phi) is 7.05. The number of rotatable bonds is 9. The maximum absolute atomic E-state index is 12.0. The third-order valence-electron chi connectivity index (χ3n) is 4.32. The molecule has 6 heteroatoms. The zero-order valence-electron chi connectivity index (χ0n) is 16.6. The van der Waals surface area contributed by atoms with Gasteiger partial charge < -0.3 is 20.1 Å². The first kappa shape index (κ1) is 20.2.